The van der Waals surface area contributed by atoms with Gasteiger partial charge in [-0.1, -0.05) is 36.4 Å². The Balaban J connectivity index is 1.58. The molecule has 10 nitrogen and oxygen atoms in total. The molecule has 0 fully saturated rings. The van der Waals surface area contributed by atoms with Gasteiger partial charge in [0.05, 0.1) is 29.2 Å². The van der Waals surface area contributed by atoms with E-state index in [4.69, 9.17) is 0 Å². The maximum Gasteiger partial charge on any atom is 0.247 e. The van der Waals surface area contributed by atoms with Gasteiger partial charge in [0.25, 0.3) is 0 Å². The number of hydrogen-bond donors (Lipinski definition) is 3. The zero-order chi connectivity index (χ0) is 28.3. The number of anilines is 4. The van der Waals surface area contributed by atoms with Gasteiger partial charge >= 0.3 is 0 Å². The van der Waals surface area contributed by atoms with Gasteiger partial charge in [-0.25, -0.2) is 12.7 Å². The lowest BCUT2D eigenvalue weighted by atomic mass is 10.0. The van der Waals surface area contributed by atoms with E-state index in [2.05, 4.69) is 16.0 Å². The molecule has 1 heterocycles. The minimum atomic E-state index is -3.70. The molecule has 0 saturated carbocycles. The Morgan fingerprint density at radius 2 is 1.54 bits per heavy atom. The molecule has 3 N–H and O–H groups in total. The summed E-state index contributed by atoms with van der Waals surface area (Å²) in [5.74, 6) is -1.24. The van der Waals surface area contributed by atoms with E-state index in [1.807, 2.05) is 25.1 Å². The van der Waals surface area contributed by atoms with Crippen molar-refractivity contribution in [2.75, 3.05) is 41.5 Å². The van der Waals surface area contributed by atoms with Crippen LogP contribution in [-0.2, 0) is 24.4 Å². The Bertz CT molecular complexity index is 1540. The predicted octanol–water partition coefficient (Wildman–Crippen LogP) is 3.35. The van der Waals surface area contributed by atoms with Crippen molar-refractivity contribution >= 4 is 50.5 Å². The van der Waals surface area contributed by atoms with Crippen molar-refractivity contribution in [2.45, 2.75) is 31.2 Å². The number of nitrogens with one attached hydrogen (secondary N) is 3. The molecule has 1 unspecified atom stereocenters. The second kappa shape index (κ2) is 11.3. The first-order chi connectivity index (χ1) is 18.5. The van der Waals surface area contributed by atoms with Crippen LogP contribution in [0.5, 0.6) is 0 Å². The molecular weight excluding hydrogens is 518 g/mol. The van der Waals surface area contributed by atoms with E-state index in [9.17, 15) is 22.8 Å². The predicted molar refractivity (Wildman–Crippen MR) is 151 cm³/mol. The normalized spacial score (nSPS) is 14.9. The number of nitrogens with zero attached hydrogens (tertiary/aromatic N) is 2. The summed E-state index contributed by atoms with van der Waals surface area (Å²) in [5.41, 5.74) is 3.67. The number of amides is 3. The average Bonchev–Trinajstić information content (AvgIpc) is 2.88. The average molecular weight is 550 g/mol. The van der Waals surface area contributed by atoms with Crippen molar-refractivity contribution in [3.05, 3.63) is 77.9 Å². The molecule has 1 atom stereocenters. The van der Waals surface area contributed by atoms with E-state index in [1.54, 1.807) is 48.2 Å². The Morgan fingerprint density at radius 3 is 2.26 bits per heavy atom. The fourth-order valence-electron chi connectivity index (χ4n) is 4.30. The first-order valence-electron chi connectivity index (χ1n) is 12.3. The number of fused-ring (bicyclic) bond motifs is 1. The SMILES string of the molecule is Cc1ccccc1NC(=O)CC1C(=O)Nc2ccccc2N1CC(=O)Nc1cc(S(=O)(=O)N(C)C)ccc1C. The van der Waals surface area contributed by atoms with Crippen molar-refractivity contribution in [2.24, 2.45) is 0 Å². The molecule has 0 spiro atoms. The minimum Gasteiger partial charge on any atom is -0.348 e. The molecule has 3 aromatic carbocycles. The molecule has 0 aromatic heterocycles. The molecule has 39 heavy (non-hydrogen) atoms. The van der Waals surface area contributed by atoms with Crippen LogP contribution in [0, 0.1) is 13.8 Å². The van der Waals surface area contributed by atoms with E-state index >= 15 is 0 Å². The summed E-state index contributed by atoms with van der Waals surface area (Å²) < 4.78 is 26.3. The van der Waals surface area contributed by atoms with Gasteiger partial charge < -0.3 is 20.9 Å². The maximum absolute atomic E-state index is 13.3. The zero-order valence-corrected chi connectivity index (χ0v) is 23.0. The topological polar surface area (TPSA) is 128 Å². The Hall–Kier alpha value is -4.22. The highest BCUT2D eigenvalue weighted by atomic mass is 32.2. The molecule has 3 aromatic rings. The van der Waals surface area contributed by atoms with Crippen LogP contribution in [0.15, 0.2) is 71.6 Å². The molecule has 1 aliphatic rings. The van der Waals surface area contributed by atoms with Crippen LogP contribution in [0.3, 0.4) is 0 Å². The van der Waals surface area contributed by atoms with Crippen molar-refractivity contribution in [1.82, 2.24) is 4.31 Å². The lowest BCUT2D eigenvalue weighted by Crippen LogP contribution is -2.52. The summed E-state index contributed by atoms with van der Waals surface area (Å²) in [6.07, 6.45) is -0.183. The van der Waals surface area contributed by atoms with E-state index in [0.717, 1.165) is 9.87 Å². The lowest BCUT2D eigenvalue weighted by Gasteiger charge is -2.37. The van der Waals surface area contributed by atoms with E-state index in [-0.39, 0.29) is 23.8 Å². The number of para-hydroxylation sites is 3. The molecular formula is C28H31N5O5S. The van der Waals surface area contributed by atoms with E-state index in [0.29, 0.717) is 28.3 Å². The number of carbonyl (C=O) groups excluding carboxylic acids is 3. The molecule has 0 radical (unpaired) electrons. The zero-order valence-electron chi connectivity index (χ0n) is 22.2. The lowest BCUT2D eigenvalue weighted by molar-refractivity contribution is -0.123. The Labute approximate surface area is 228 Å². The third-order valence-electron chi connectivity index (χ3n) is 6.52. The summed E-state index contributed by atoms with van der Waals surface area (Å²) in [4.78, 5) is 41.0. The molecule has 4 rings (SSSR count). The monoisotopic (exact) mass is 549 g/mol. The largest absolute Gasteiger partial charge is 0.348 e. The highest BCUT2D eigenvalue weighted by Gasteiger charge is 2.35. The third kappa shape index (κ3) is 6.10. The van der Waals surface area contributed by atoms with Crippen LogP contribution in [-0.4, -0.2) is 57.1 Å². The maximum atomic E-state index is 13.3. The van der Waals surface area contributed by atoms with Crippen LogP contribution in [0.25, 0.3) is 0 Å². The van der Waals surface area contributed by atoms with Crippen molar-refractivity contribution in [1.29, 1.82) is 0 Å². The van der Waals surface area contributed by atoms with Crippen LogP contribution >= 0.6 is 0 Å². The van der Waals surface area contributed by atoms with Gasteiger partial charge in [0.15, 0.2) is 0 Å². The molecule has 3 amide bonds. The van der Waals surface area contributed by atoms with Crippen molar-refractivity contribution in [3.63, 3.8) is 0 Å². The summed E-state index contributed by atoms with van der Waals surface area (Å²) in [5, 5.41) is 8.45. The molecule has 11 heteroatoms. The fraction of sp³-hybridized carbons (Fsp3) is 0.250. The summed E-state index contributed by atoms with van der Waals surface area (Å²) in [6, 6.07) is 17.9. The Kier molecular flexibility index (Phi) is 8.03. The number of benzene rings is 3. The number of carbonyl (C=O) groups is 3. The van der Waals surface area contributed by atoms with Crippen LogP contribution in [0.4, 0.5) is 22.7 Å². The second-order valence-electron chi connectivity index (χ2n) is 9.53. The van der Waals surface area contributed by atoms with Crippen LogP contribution in [0.1, 0.15) is 17.5 Å². The standard InChI is InChI=1S/C28H31N5O5S/c1-18-9-5-6-10-21(18)29-26(34)16-25-28(36)31-22-11-7-8-12-24(22)33(25)17-27(35)30-23-15-20(14-13-19(23)2)39(37,38)32(3)4/h5-15,25H,16-17H2,1-4H3,(H,29,34)(H,30,35)(H,31,36). The van der Waals surface area contributed by atoms with Crippen molar-refractivity contribution < 1.29 is 22.8 Å². The van der Waals surface area contributed by atoms with Gasteiger partial charge in [0.1, 0.15) is 6.04 Å². The number of sulfonamides is 1. The Morgan fingerprint density at radius 1 is 0.897 bits per heavy atom. The first kappa shape index (κ1) is 27.8. The van der Waals surface area contributed by atoms with E-state index < -0.39 is 27.9 Å². The summed E-state index contributed by atoms with van der Waals surface area (Å²) >= 11 is 0. The van der Waals surface area contributed by atoms with Gasteiger partial charge in [0.2, 0.25) is 27.7 Å². The quantitative estimate of drug-likeness (QED) is 0.395. The molecule has 0 bridgehead atoms. The third-order valence-corrected chi connectivity index (χ3v) is 8.33. The van der Waals surface area contributed by atoms with Gasteiger partial charge in [0, 0.05) is 25.5 Å². The molecule has 0 aliphatic carbocycles. The minimum absolute atomic E-state index is 0.0434. The fourth-order valence-corrected chi connectivity index (χ4v) is 5.22. The highest BCUT2D eigenvalue weighted by Crippen LogP contribution is 2.33. The number of hydrogen-bond acceptors (Lipinski definition) is 6. The number of aryl methyl sites for hydroxylation is 2. The second-order valence-corrected chi connectivity index (χ2v) is 11.7. The van der Waals surface area contributed by atoms with Gasteiger partial charge in [-0.3, -0.25) is 14.4 Å². The summed E-state index contributed by atoms with van der Waals surface area (Å²) in [7, 11) is -0.839. The first-order valence-corrected chi connectivity index (χ1v) is 13.8. The van der Waals surface area contributed by atoms with Crippen molar-refractivity contribution in [3.8, 4) is 0 Å². The molecule has 1 aliphatic heterocycles. The summed E-state index contributed by atoms with van der Waals surface area (Å²) in [6.45, 7) is 3.39. The molecule has 204 valence electrons. The van der Waals surface area contributed by atoms with Crippen LogP contribution < -0.4 is 20.9 Å². The van der Waals surface area contributed by atoms with Gasteiger partial charge in [-0.05, 0) is 55.3 Å². The van der Waals surface area contributed by atoms with Crippen LogP contribution in [0.2, 0.25) is 0 Å². The van der Waals surface area contributed by atoms with Gasteiger partial charge in [-0.15, -0.1) is 0 Å². The smallest absolute Gasteiger partial charge is 0.247 e. The number of rotatable bonds is 8. The highest BCUT2D eigenvalue weighted by molar-refractivity contribution is 7.89. The van der Waals surface area contributed by atoms with Gasteiger partial charge in [-0.2, -0.15) is 0 Å². The van der Waals surface area contributed by atoms with E-state index in [1.165, 1.54) is 26.2 Å². The molecule has 0 saturated heterocycles.